The number of aryl methyl sites for hydroxylation is 1. The van der Waals surface area contributed by atoms with Gasteiger partial charge in [0.05, 0.1) is 11.5 Å². The zero-order valence-electron chi connectivity index (χ0n) is 15.0. The smallest absolute Gasteiger partial charge is 0.247 e. The maximum atomic E-state index is 12.4. The lowest BCUT2D eigenvalue weighted by Crippen LogP contribution is -2.42. The molecule has 1 aromatic rings. The fourth-order valence-electron chi connectivity index (χ4n) is 3.36. The summed E-state index contributed by atoms with van der Waals surface area (Å²) < 4.78 is 23.6. The van der Waals surface area contributed by atoms with E-state index in [9.17, 15) is 13.2 Å². The van der Waals surface area contributed by atoms with Crippen molar-refractivity contribution in [2.75, 3.05) is 34.1 Å². The second-order valence-corrected chi connectivity index (χ2v) is 9.53. The lowest BCUT2D eigenvalue weighted by atomic mass is 10.0. The maximum absolute atomic E-state index is 12.4. The van der Waals surface area contributed by atoms with E-state index in [-0.39, 0.29) is 29.5 Å². The SMILES string of the molecule is Cc1nc2c(c(N(C)C3CCS(=O)(=O)C3)n1)NC(=O)C(CC(C)C)N2. The van der Waals surface area contributed by atoms with Crippen LogP contribution in [0, 0.1) is 12.8 Å². The summed E-state index contributed by atoms with van der Waals surface area (Å²) in [4.78, 5) is 23.2. The Morgan fingerprint density at radius 3 is 2.64 bits per heavy atom. The molecule has 1 amide bonds. The highest BCUT2D eigenvalue weighted by Crippen LogP contribution is 2.36. The number of nitrogens with one attached hydrogen (secondary N) is 2. The van der Waals surface area contributed by atoms with Crippen LogP contribution in [0.3, 0.4) is 0 Å². The Kier molecular flexibility index (Phi) is 4.61. The Labute approximate surface area is 148 Å². The fourth-order valence-corrected chi connectivity index (χ4v) is 5.14. The van der Waals surface area contributed by atoms with Gasteiger partial charge in [-0.1, -0.05) is 13.8 Å². The first-order valence-corrected chi connectivity index (χ1v) is 10.4. The molecule has 2 atom stereocenters. The summed E-state index contributed by atoms with van der Waals surface area (Å²) in [6.45, 7) is 5.92. The molecule has 2 aliphatic heterocycles. The number of anilines is 3. The molecule has 2 N–H and O–H groups in total. The number of nitrogens with zero attached hydrogens (tertiary/aromatic N) is 3. The second-order valence-electron chi connectivity index (χ2n) is 7.30. The highest BCUT2D eigenvalue weighted by molar-refractivity contribution is 7.91. The Bertz CT molecular complexity index is 793. The molecule has 0 saturated carbocycles. The van der Waals surface area contributed by atoms with Crippen molar-refractivity contribution >= 4 is 33.1 Å². The monoisotopic (exact) mass is 367 g/mol. The zero-order chi connectivity index (χ0) is 18.4. The summed E-state index contributed by atoms with van der Waals surface area (Å²) in [5.74, 6) is 2.30. The summed E-state index contributed by atoms with van der Waals surface area (Å²) in [5.41, 5.74) is 0.530. The van der Waals surface area contributed by atoms with Crippen molar-refractivity contribution in [2.45, 2.75) is 45.7 Å². The molecular formula is C16H25N5O3S. The van der Waals surface area contributed by atoms with Crippen LogP contribution >= 0.6 is 0 Å². The van der Waals surface area contributed by atoms with Gasteiger partial charge in [-0.15, -0.1) is 0 Å². The highest BCUT2D eigenvalue weighted by atomic mass is 32.2. The van der Waals surface area contributed by atoms with E-state index in [1.54, 1.807) is 6.92 Å². The molecule has 1 saturated heterocycles. The molecule has 0 aliphatic carbocycles. The van der Waals surface area contributed by atoms with Gasteiger partial charge in [-0.05, 0) is 25.7 Å². The van der Waals surface area contributed by atoms with E-state index in [4.69, 9.17) is 0 Å². The van der Waals surface area contributed by atoms with Crippen LogP contribution in [0.15, 0.2) is 0 Å². The van der Waals surface area contributed by atoms with Crippen molar-refractivity contribution in [2.24, 2.45) is 5.92 Å². The Morgan fingerprint density at radius 1 is 1.32 bits per heavy atom. The molecule has 2 aliphatic rings. The molecule has 138 valence electrons. The average molecular weight is 367 g/mol. The van der Waals surface area contributed by atoms with Gasteiger partial charge in [0.15, 0.2) is 21.5 Å². The van der Waals surface area contributed by atoms with Crippen molar-refractivity contribution < 1.29 is 13.2 Å². The number of amides is 1. The van der Waals surface area contributed by atoms with Crippen LogP contribution in [0.5, 0.6) is 0 Å². The van der Waals surface area contributed by atoms with Crippen molar-refractivity contribution in [3.63, 3.8) is 0 Å². The van der Waals surface area contributed by atoms with Crippen LogP contribution in [0.4, 0.5) is 17.3 Å². The van der Waals surface area contributed by atoms with E-state index in [0.717, 1.165) is 0 Å². The second kappa shape index (κ2) is 6.44. The minimum Gasteiger partial charge on any atom is -0.356 e. The lowest BCUT2D eigenvalue weighted by Gasteiger charge is -2.32. The Morgan fingerprint density at radius 2 is 2.04 bits per heavy atom. The van der Waals surface area contributed by atoms with Crippen LogP contribution in [0.25, 0.3) is 0 Å². The van der Waals surface area contributed by atoms with E-state index >= 15 is 0 Å². The largest absolute Gasteiger partial charge is 0.356 e. The molecule has 3 heterocycles. The molecule has 8 nitrogen and oxygen atoms in total. The zero-order valence-corrected chi connectivity index (χ0v) is 15.9. The minimum atomic E-state index is -3.00. The maximum Gasteiger partial charge on any atom is 0.247 e. The quantitative estimate of drug-likeness (QED) is 0.823. The number of carbonyl (C=O) groups excluding carboxylic acids is 1. The van der Waals surface area contributed by atoms with Crippen molar-refractivity contribution in [3.05, 3.63) is 5.82 Å². The van der Waals surface area contributed by atoms with Gasteiger partial charge in [0, 0.05) is 13.1 Å². The van der Waals surface area contributed by atoms with Crippen LogP contribution in [-0.2, 0) is 14.6 Å². The van der Waals surface area contributed by atoms with Gasteiger partial charge in [-0.2, -0.15) is 0 Å². The third-order valence-corrected chi connectivity index (χ3v) is 6.43. The van der Waals surface area contributed by atoms with Crippen molar-refractivity contribution in [1.29, 1.82) is 0 Å². The van der Waals surface area contributed by atoms with Crippen LogP contribution < -0.4 is 15.5 Å². The third kappa shape index (κ3) is 3.70. The topological polar surface area (TPSA) is 104 Å². The van der Waals surface area contributed by atoms with Crippen molar-refractivity contribution in [1.82, 2.24) is 9.97 Å². The summed E-state index contributed by atoms with van der Waals surface area (Å²) >= 11 is 0. The number of fused-ring (bicyclic) bond motifs is 1. The first-order chi connectivity index (χ1) is 11.7. The molecule has 1 aromatic heterocycles. The Hall–Kier alpha value is -1.90. The van der Waals surface area contributed by atoms with Crippen LogP contribution in [0.2, 0.25) is 0 Å². The number of rotatable bonds is 4. The van der Waals surface area contributed by atoms with Gasteiger partial charge in [0.25, 0.3) is 0 Å². The van der Waals surface area contributed by atoms with E-state index in [2.05, 4.69) is 34.4 Å². The lowest BCUT2D eigenvalue weighted by molar-refractivity contribution is -0.117. The van der Waals surface area contributed by atoms with Gasteiger partial charge < -0.3 is 15.5 Å². The molecule has 0 aromatic carbocycles. The standard InChI is InChI=1S/C16H25N5O3S/c1-9(2)7-12-16(22)20-13-14(19-12)17-10(3)18-15(13)21(4)11-5-6-25(23,24)8-11/h9,11-12H,5-8H2,1-4H3,(H,20,22)(H,17,18,19). The highest BCUT2D eigenvalue weighted by Gasteiger charge is 2.35. The first kappa shape index (κ1) is 17.9. The molecule has 9 heteroatoms. The number of carbonyl (C=O) groups is 1. The normalized spacial score (nSPS) is 24.6. The predicted molar refractivity (Wildman–Crippen MR) is 97.7 cm³/mol. The number of hydrogen-bond donors (Lipinski definition) is 2. The molecule has 0 radical (unpaired) electrons. The molecule has 1 fully saturated rings. The number of hydrogen-bond acceptors (Lipinski definition) is 7. The van der Waals surface area contributed by atoms with E-state index in [1.165, 1.54) is 0 Å². The van der Waals surface area contributed by atoms with E-state index in [0.29, 0.717) is 41.9 Å². The number of aromatic nitrogens is 2. The number of sulfone groups is 1. The van der Waals surface area contributed by atoms with Gasteiger partial charge in [0.1, 0.15) is 17.6 Å². The Balaban J connectivity index is 1.92. The molecule has 0 spiro atoms. The average Bonchev–Trinajstić information content (AvgIpc) is 2.87. The van der Waals surface area contributed by atoms with Gasteiger partial charge >= 0.3 is 0 Å². The minimum absolute atomic E-state index is 0.109. The first-order valence-electron chi connectivity index (χ1n) is 8.55. The third-order valence-electron chi connectivity index (χ3n) is 4.67. The molecule has 0 bridgehead atoms. The molecule has 3 rings (SSSR count). The van der Waals surface area contributed by atoms with Gasteiger partial charge in [-0.25, -0.2) is 18.4 Å². The predicted octanol–water partition coefficient (Wildman–Crippen LogP) is 1.19. The molecular weight excluding hydrogens is 342 g/mol. The van der Waals surface area contributed by atoms with Crippen LogP contribution in [0.1, 0.15) is 32.5 Å². The summed E-state index contributed by atoms with van der Waals surface area (Å²) in [7, 11) is -1.18. The van der Waals surface area contributed by atoms with E-state index < -0.39 is 9.84 Å². The summed E-state index contributed by atoms with van der Waals surface area (Å²) in [5, 5.41) is 6.13. The fraction of sp³-hybridized carbons (Fsp3) is 0.688. The van der Waals surface area contributed by atoms with Gasteiger partial charge in [-0.3, -0.25) is 4.79 Å². The molecule has 2 unspecified atom stereocenters. The summed E-state index contributed by atoms with van der Waals surface area (Å²) in [6, 6.07) is -0.472. The molecule has 25 heavy (non-hydrogen) atoms. The van der Waals surface area contributed by atoms with Crippen LogP contribution in [-0.4, -0.2) is 54.9 Å². The van der Waals surface area contributed by atoms with E-state index in [1.807, 2.05) is 11.9 Å². The van der Waals surface area contributed by atoms with Crippen molar-refractivity contribution in [3.8, 4) is 0 Å². The van der Waals surface area contributed by atoms with Gasteiger partial charge in [0.2, 0.25) is 5.91 Å². The summed E-state index contributed by atoms with van der Waals surface area (Å²) in [6.07, 6.45) is 1.27.